The van der Waals surface area contributed by atoms with Gasteiger partial charge < -0.3 is 10.6 Å². The number of rotatable bonds is 3. The van der Waals surface area contributed by atoms with Crippen molar-refractivity contribution in [3.8, 4) is 0 Å². The number of nitrogens with two attached hydrogens (primary N) is 1. The number of hydrogen-bond donors (Lipinski definition) is 1. The molecule has 0 aromatic heterocycles. The van der Waals surface area contributed by atoms with Gasteiger partial charge in [0.15, 0.2) is 5.78 Å². The van der Waals surface area contributed by atoms with Crippen LogP contribution in [0.4, 0.5) is 17.1 Å². The molecule has 0 bridgehead atoms. The van der Waals surface area contributed by atoms with E-state index in [1.165, 1.54) is 12.5 Å². The van der Waals surface area contributed by atoms with Crippen LogP contribution in [-0.4, -0.2) is 12.8 Å². The van der Waals surface area contributed by atoms with Crippen molar-refractivity contribution in [1.82, 2.24) is 0 Å². The summed E-state index contributed by atoms with van der Waals surface area (Å²) in [5, 5.41) is 0. The maximum absolute atomic E-state index is 11.4. The normalized spacial score (nSPS) is 10.3. The number of carbonyl (C=O) groups is 1. The third-order valence-corrected chi connectivity index (χ3v) is 3.22. The monoisotopic (exact) mass is 254 g/mol. The van der Waals surface area contributed by atoms with Crippen LogP contribution in [0.5, 0.6) is 0 Å². The molecule has 19 heavy (non-hydrogen) atoms. The number of ketones is 1. The predicted octanol–water partition coefficient (Wildman–Crippen LogP) is 3.55. The summed E-state index contributed by atoms with van der Waals surface area (Å²) in [4.78, 5) is 13.4. The van der Waals surface area contributed by atoms with Gasteiger partial charge in [0.2, 0.25) is 0 Å². The van der Waals surface area contributed by atoms with Crippen molar-refractivity contribution in [2.45, 2.75) is 13.8 Å². The molecular weight excluding hydrogens is 236 g/mol. The second-order valence-electron chi connectivity index (χ2n) is 4.72. The molecule has 0 unspecified atom stereocenters. The van der Waals surface area contributed by atoms with Crippen LogP contribution in [-0.2, 0) is 0 Å². The lowest BCUT2D eigenvalue weighted by Gasteiger charge is -2.20. The number of aryl methyl sites for hydroxylation is 1. The van der Waals surface area contributed by atoms with Gasteiger partial charge >= 0.3 is 0 Å². The Morgan fingerprint density at radius 2 is 1.63 bits per heavy atom. The standard InChI is InChI=1S/C16H18N2O/c1-11-4-6-13(7-5-11)18(3)14-8-9-15(12(2)19)16(17)10-14/h4-10H,17H2,1-3H3. The molecule has 0 spiro atoms. The van der Waals surface area contributed by atoms with Crippen LogP contribution >= 0.6 is 0 Å². The molecule has 2 rings (SSSR count). The summed E-state index contributed by atoms with van der Waals surface area (Å²) >= 11 is 0. The second-order valence-corrected chi connectivity index (χ2v) is 4.72. The van der Waals surface area contributed by atoms with Crippen molar-refractivity contribution in [1.29, 1.82) is 0 Å². The Balaban J connectivity index is 2.34. The summed E-state index contributed by atoms with van der Waals surface area (Å²) in [6.45, 7) is 3.58. The highest BCUT2D eigenvalue weighted by atomic mass is 16.1. The minimum absolute atomic E-state index is 0.0120. The molecule has 0 saturated carbocycles. The van der Waals surface area contributed by atoms with E-state index in [4.69, 9.17) is 5.73 Å². The molecule has 98 valence electrons. The van der Waals surface area contributed by atoms with E-state index >= 15 is 0 Å². The Hall–Kier alpha value is -2.29. The maximum atomic E-state index is 11.4. The van der Waals surface area contributed by atoms with Crippen LogP contribution in [0.3, 0.4) is 0 Å². The number of carbonyl (C=O) groups excluding carboxylic acids is 1. The second kappa shape index (κ2) is 5.14. The molecule has 0 atom stereocenters. The first-order valence-electron chi connectivity index (χ1n) is 6.20. The van der Waals surface area contributed by atoms with E-state index in [1.807, 2.05) is 24.1 Å². The summed E-state index contributed by atoms with van der Waals surface area (Å²) in [5.74, 6) is -0.0120. The number of anilines is 3. The zero-order chi connectivity index (χ0) is 14.0. The highest BCUT2D eigenvalue weighted by Crippen LogP contribution is 2.27. The Bertz CT molecular complexity index is 603. The Kier molecular flexibility index (Phi) is 3.56. The molecule has 0 aliphatic rings. The fraction of sp³-hybridized carbons (Fsp3) is 0.188. The zero-order valence-corrected chi connectivity index (χ0v) is 11.5. The van der Waals surface area contributed by atoms with E-state index in [-0.39, 0.29) is 5.78 Å². The Labute approximate surface area is 113 Å². The SMILES string of the molecule is CC(=O)c1ccc(N(C)c2ccc(C)cc2)cc1N. The fourth-order valence-electron chi connectivity index (χ4n) is 2.00. The first-order valence-corrected chi connectivity index (χ1v) is 6.20. The van der Waals surface area contributed by atoms with Gasteiger partial charge in [-0.15, -0.1) is 0 Å². The summed E-state index contributed by atoms with van der Waals surface area (Å²) in [6.07, 6.45) is 0. The van der Waals surface area contributed by atoms with Gasteiger partial charge in [0.1, 0.15) is 0 Å². The van der Waals surface area contributed by atoms with Gasteiger partial charge in [-0.25, -0.2) is 0 Å². The van der Waals surface area contributed by atoms with E-state index in [2.05, 4.69) is 31.2 Å². The van der Waals surface area contributed by atoms with Crippen molar-refractivity contribution >= 4 is 22.8 Å². The molecule has 2 aromatic rings. The van der Waals surface area contributed by atoms with Crippen LogP contribution in [0.25, 0.3) is 0 Å². The van der Waals surface area contributed by atoms with Crippen LogP contribution in [0.2, 0.25) is 0 Å². The highest BCUT2D eigenvalue weighted by molar-refractivity contribution is 5.99. The number of benzene rings is 2. The van der Waals surface area contributed by atoms with Crippen LogP contribution in [0.15, 0.2) is 42.5 Å². The molecule has 0 heterocycles. The fourth-order valence-corrected chi connectivity index (χ4v) is 2.00. The van der Waals surface area contributed by atoms with Crippen molar-refractivity contribution in [2.75, 3.05) is 17.7 Å². The molecule has 0 radical (unpaired) electrons. The maximum Gasteiger partial charge on any atom is 0.161 e. The van der Waals surface area contributed by atoms with Crippen LogP contribution < -0.4 is 10.6 Å². The van der Waals surface area contributed by atoms with Crippen LogP contribution in [0.1, 0.15) is 22.8 Å². The van der Waals surface area contributed by atoms with Crippen molar-refractivity contribution in [3.63, 3.8) is 0 Å². The van der Waals surface area contributed by atoms with Gasteiger partial charge in [0, 0.05) is 29.7 Å². The van der Waals surface area contributed by atoms with Crippen molar-refractivity contribution in [3.05, 3.63) is 53.6 Å². The summed E-state index contributed by atoms with van der Waals surface area (Å²) in [6, 6.07) is 13.8. The zero-order valence-electron chi connectivity index (χ0n) is 11.5. The smallest absolute Gasteiger partial charge is 0.161 e. The first-order chi connectivity index (χ1) is 8.99. The van der Waals surface area contributed by atoms with E-state index in [0.29, 0.717) is 11.3 Å². The highest BCUT2D eigenvalue weighted by Gasteiger charge is 2.08. The number of Topliss-reactive ketones (excluding diaryl/α,β-unsaturated/α-hetero) is 1. The summed E-state index contributed by atoms with van der Waals surface area (Å²) < 4.78 is 0. The number of nitrogen functional groups attached to an aromatic ring is 1. The van der Waals surface area contributed by atoms with Gasteiger partial charge in [-0.05, 0) is 44.2 Å². The van der Waals surface area contributed by atoms with E-state index in [0.717, 1.165) is 11.4 Å². The Morgan fingerprint density at radius 3 is 2.16 bits per heavy atom. The molecule has 3 heteroatoms. The van der Waals surface area contributed by atoms with Gasteiger partial charge in [-0.2, -0.15) is 0 Å². The average molecular weight is 254 g/mol. The van der Waals surface area contributed by atoms with Gasteiger partial charge in [-0.3, -0.25) is 4.79 Å². The summed E-state index contributed by atoms with van der Waals surface area (Å²) in [5.41, 5.74) is 10.3. The first kappa shape index (κ1) is 13.1. The minimum Gasteiger partial charge on any atom is -0.398 e. The summed E-state index contributed by atoms with van der Waals surface area (Å²) in [7, 11) is 1.98. The molecule has 0 aliphatic carbocycles. The van der Waals surface area contributed by atoms with Crippen LogP contribution in [0, 0.1) is 6.92 Å². The third-order valence-electron chi connectivity index (χ3n) is 3.22. The minimum atomic E-state index is -0.0120. The lowest BCUT2D eigenvalue weighted by Crippen LogP contribution is -2.10. The van der Waals surface area contributed by atoms with Gasteiger partial charge in [-0.1, -0.05) is 17.7 Å². The van der Waals surface area contributed by atoms with E-state index in [9.17, 15) is 4.79 Å². The molecule has 3 nitrogen and oxygen atoms in total. The quantitative estimate of drug-likeness (QED) is 0.673. The van der Waals surface area contributed by atoms with Crippen molar-refractivity contribution in [2.24, 2.45) is 0 Å². The van der Waals surface area contributed by atoms with Crippen molar-refractivity contribution < 1.29 is 4.79 Å². The topological polar surface area (TPSA) is 46.3 Å². The molecule has 0 saturated heterocycles. The number of hydrogen-bond acceptors (Lipinski definition) is 3. The molecule has 2 aromatic carbocycles. The van der Waals surface area contributed by atoms with E-state index < -0.39 is 0 Å². The molecule has 0 amide bonds. The predicted molar refractivity (Wildman–Crippen MR) is 80.1 cm³/mol. The number of nitrogens with zero attached hydrogens (tertiary/aromatic N) is 1. The molecule has 0 fully saturated rings. The van der Waals surface area contributed by atoms with Gasteiger partial charge in [0.25, 0.3) is 0 Å². The largest absolute Gasteiger partial charge is 0.398 e. The van der Waals surface area contributed by atoms with E-state index in [1.54, 1.807) is 6.07 Å². The lowest BCUT2D eigenvalue weighted by atomic mass is 10.1. The molecular formula is C16H18N2O. The average Bonchev–Trinajstić information content (AvgIpc) is 2.38. The third kappa shape index (κ3) is 2.76. The van der Waals surface area contributed by atoms with Gasteiger partial charge in [0.05, 0.1) is 0 Å². The Morgan fingerprint density at radius 1 is 1.05 bits per heavy atom. The molecule has 2 N–H and O–H groups in total. The lowest BCUT2D eigenvalue weighted by molar-refractivity contribution is 0.101. The molecule has 0 aliphatic heterocycles.